The number of halogens is 2. The highest BCUT2D eigenvalue weighted by Gasteiger charge is 2.10. The van der Waals surface area contributed by atoms with Crippen LogP contribution in [-0.2, 0) is 0 Å². The molecule has 72 valence electrons. The third-order valence-electron chi connectivity index (χ3n) is 1.64. The van der Waals surface area contributed by atoms with E-state index < -0.39 is 0 Å². The number of hydrogen-bond acceptors (Lipinski definition) is 4. The maximum Gasteiger partial charge on any atom is 0.156 e. The van der Waals surface area contributed by atoms with E-state index in [0.29, 0.717) is 15.7 Å². The summed E-state index contributed by atoms with van der Waals surface area (Å²) in [6, 6.07) is 3.64. The van der Waals surface area contributed by atoms with Crippen molar-refractivity contribution in [2.75, 3.05) is 5.73 Å². The first-order chi connectivity index (χ1) is 6.68. The van der Waals surface area contributed by atoms with E-state index in [1.54, 1.807) is 6.07 Å². The molecule has 0 aliphatic carbocycles. The molecule has 0 bridgehead atoms. The number of nitrogens with zero attached hydrogens (tertiary/aromatic N) is 2. The fourth-order valence-electron chi connectivity index (χ4n) is 1.01. The van der Waals surface area contributed by atoms with Crippen LogP contribution in [0.3, 0.4) is 0 Å². The third kappa shape index (κ3) is 1.68. The molecule has 6 heteroatoms. The van der Waals surface area contributed by atoms with Gasteiger partial charge >= 0.3 is 0 Å². The molecule has 0 fully saturated rings. The van der Waals surface area contributed by atoms with Gasteiger partial charge < -0.3 is 5.73 Å². The van der Waals surface area contributed by atoms with E-state index in [-0.39, 0.29) is 5.15 Å². The van der Waals surface area contributed by atoms with Crippen LogP contribution in [0.25, 0.3) is 10.6 Å². The van der Waals surface area contributed by atoms with Gasteiger partial charge in [0.25, 0.3) is 0 Å². The summed E-state index contributed by atoms with van der Waals surface area (Å²) >= 11 is 13.0. The molecule has 2 heterocycles. The molecule has 2 N–H and O–H groups in total. The molecule has 0 saturated heterocycles. The Kier molecular flexibility index (Phi) is 2.58. The molecule has 0 aliphatic heterocycles. The standard InChI is InChI=1S/C8H5Cl2N3S/c9-5-2-1-4(14-5)7-6(11)8(10)13-3-12-7/h1-3H,11H2. The van der Waals surface area contributed by atoms with Gasteiger partial charge in [0, 0.05) is 0 Å². The molecule has 0 aliphatic rings. The molecule has 0 aromatic carbocycles. The monoisotopic (exact) mass is 245 g/mol. The lowest BCUT2D eigenvalue weighted by molar-refractivity contribution is 1.18. The second kappa shape index (κ2) is 3.73. The van der Waals surface area contributed by atoms with Crippen LogP contribution in [0.2, 0.25) is 9.49 Å². The first kappa shape index (κ1) is 9.71. The maximum atomic E-state index is 5.80. The Morgan fingerprint density at radius 1 is 1.21 bits per heavy atom. The highest BCUT2D eigenvalue weighted by molar-refractivity contribution is 7.19. The minimum atomic E-state index is 0.263. The number of aromatic nitrogens is 2. The number of thiophene rings is 1. The van der Waals surface area contributed by atoms with Crippen molar-refractivity contribution in [2.24, 2.45) is 0 Å². The number of nitrogens with two attached hydrogens (primary N) is 1. The van der Waals surface area contributed by atoms with E-state index in [1.807, 2.05) is 6.07 Å². The Hall–Kier alpha value is -0.840. The normalized spacial score (nSPS) is 10.4. The number of anilines is 1. The van der Waals surface area contributed by atoms with Crippen molar-refractivity contribution >= 4 is 40.2 Å². The summed E-state index contributed by atoms with van der Waals surface area (Å²) in [6.45, 7) is 0. The van der Waals surface area contributed by atoms with Crippen molar-refractivity contribution in [2.45, 2.75) is 0 Å². The van der Waals surface area contributed by atoms with Gasteiger partial charge in [0.1, 0.15) is 12.0 Å². The predicted octanol–water partition coefficient (Wildman–Crippen LogP) is 3.09. The largest absolute Gasteiger partial charge is 0.394 e. The summed E-state index contributed by atoms with van der Waals surface area (Å²) in [7, 11) is 0. The molecule has 2 aromatic rings. The summed E-state index contributed by atoms with van der Waals surface area (Å²) in [6.07, 6.45) is 1.38. The van der Waals surface area contributed by atoms with Crippen LogP contribution >= 0.6 is 34.5 Å². The van der Waals surface area contributed by atoms with Crippen molar-refractivity contribution in [1.29, 1.82) is 0 Å². The minimum absolute atomic E-state index is 0.263. The van der Waals surface area contributed by atoms with Gasteiger partial charge in [-0.05, 0) is 12.1 Å². The van der Waals surface area contributed by atoms with E-state index in [1.165, 1.54) is 17.7 Å². The van der Waals surface area contributed by atoms with E-state index in [2.05, 4.69) is 9.97 Å². The zero-order valence-corrected chi connectivity index (χ0v) is 9.20. The molecule has 0 unspecified atom stereocenters. The van der Waals surface area contributed by atoms with Crippen molar-refractivity contribution < 1.29 is 0 Å². The zero-order chi connectivity index (χ0) is 10.1. The Labute approximate surface area is 94.5 Å². The third-order valence-corrected chi connectivity index (χ3v) is 3.18. The van der Waals surface area contributed by atoms with Gasteiger partial charge in [0.05, 0.1) is 14.9 Å². The summed E-state index contributed by atoms with van der Waals surface area (Å²) in [5, 5.41) is 0.263. The van der Waals surface area contributed by atoms with Crippen LogP contribution in [0.15, 0.2) is 18.5 Å². The molecule has 0 amide bonds. The first-order valence-corrected chi connectivity index (χ1v) is 5.27. The Balaban J connectivity index is 2.57. The van der Waals surface area contributed by atoms with Crippen molar-refractivity contribution in [3.63, 3.8) is 0 Å². The topological polar surface area (TPSA) is 51.8 Å². The maximum absolute atomic E-state index is 5.80. The van der Waals surface area contributed by atoms with Gasteiger partial charge in [-0.25, -0.2) is 9.97 Å². The van der Waals surface area contributed by atoms with E-state index in [9.17, 15) is 0 Å². The molecule has 0 spiro atoms. The summed E-state index contributed by atoms with van der Waals surface area (Å²) in [4.78, 5) is 8.71. The molecule has 0 saturated carbocycles. The van der Waals surface area contributed by atoms with Crippen molar-refractivity contribution in [3.8, 4) is 10.6 Å². The second-order valence-electron chi connectivity index (χ2n) is 2.53. The van der Waals surface area contributed by atoms with Crippen molar-refractivity contribution in [1.82, 2.24) is 9.97 Å². The van der Waals surface area contributed by atoms with Crippen LogP contribution in [0, 0.1) is 0 Å². The molecule has 3 nitrogen and oxygen atoms in total. The molecule has 0 radical (unpaired) electrons. The fraction of sp³-hybridized carbons (Fsp3) is 0. The van der Waals surface area contributed by atoms with E-state index >= 15 is 0 Å². The number of rotatable bonds is 1. The van der Waals surface area contributed by atoms with Gasteiger partial charge in [0.15, 0.2) is 5.15 Å². The molecule has 14 heavy (non-hydrogen) atoms. The van der Waals surface area contributed by atoms with Crippen molar-refractivity contribution in [3.05, 3.63) is 27.9 Å². The van der Waals surface area contributed by atoms with Crippen LogP contribution < -0.4 is 5.73 Å². The number of nitrogen functional groups attached to an aromatic ring is 1. The van der Waals surface area contributed by atoms with Crippen LogP contribution in [0.5, 0.6) is 0 Å². The van der Waals surface area contributed by atoms with Gasteiger partial charge in [-0.2, -0.15) is 0 Å². The number of hydrogen-bond donors (Lipinski definition) is 1. The average molecular weight is 246 g/mol. The van der Waals surface area contributed by atoms with E-state index in [0.717, 1.165) is 4.88 Å². The lowest BCUT2D eigenvalue weighted by Gasteiger charge is -2.01. The lowest BCUT2D eigenvalue weighted by atomic mass is 10.3. The van der Waals surface area contributed by atoms with Crippen LogP contribution in [-0.4, -0.2) is 9.97 Å². The van der Waals surface area contributed by atoms with Crippen LogP contribution in [0.1, 0.15) is 0 Å². The molecule has 2 aromatic heterocycles. The SMILES string of the molecule is Nc1c(Cl)ncnc1-c1ccc(Cl)s1. The zero-order valence-electron chi connectivity index (χ0n) is 6.87. The smallest absolute Gasteiger partial charge is 0.156 e. The molecule has 2 rings (SSSR count). The molecular weight excluding hydrogens is 241 g/mol. The highest BCUT2D eigenvalue weighted by Crippen LogP contribution is 2.34. The van der Waals surface area contributed by atoms with E-state index in [4.69, 9.17) is 28.9 Å². The fourth-order valence-corrected chi connectivity index (χ4v) is 2.20. The highest BCUT2D eigenvalue weighted by atomic mass is 35.5. The van der Waals surface area contributed by atoms with Gasteiger partial charge in [-0.3, -0.25) is 0 Å². The Morgan fingerprint density at radius 3 is 2.64 bits per heavy atom. The Bertz CT molecular complexity index is 469. The summed E-state index contributed by atoms with van der Waals surface area (Å²) < 4.78 is 0.689. The molecular formula is C8H5Cl2N3S. The predicted molar refractivity (Wildman–Crippen MR) is 59.8 cm³/mol. The first-order valence-electron chi connectivity index (χ1n) is 3.70. The molecule has 0 atom stereocenters. The van der Waals surface area contributed by atoms with Crippen LogP contribution in [0.4, 0.5) is 5.69 Å². The summed E-state index contributed by atoms with van der Waals surface area (Å²) in [5.74, 6) is 0. The van der Waals surface area contributed by atoms with Gasteiger partial charge in [0.2, 0.25) is 0 Å². The lowest BCUT2D eigenvalue weighted by Crippen LogP contribution is -1.94. The quantitative estimate of drug-likeness (QED) is 0.786. The van der Waals surface area contributed by atoms with Gasteiger partial charge in [-0.15, -0.1) is 11.3 Å². The second-order valence-corrected chi connectivity index (χ2v) is 4.60. The Morgan fingerprint density at radius 2 is 2.00 bits per heavy atom. The summed E-state index contributed by atoms with van der Waals surface area (Å²) in [5.41, 5.74) is 6.74. The average Bonchev–Trinajstić information content (AvgIpc) is 2.57. The van der Waals surface area contributed by atoms with Gasteiger partial charge in [-0.1, -0.05) is 23.2 Å². The minimum Gasteiger partial charge on any atom is -0.394 e.